The van der Waals surface area contributed by atoms with Gasteiger partial charge in [-0.3, -0.25) is 20.0 Å². The summed E-state index contributed by atoms with van der Waals surface area (Å²) in [5.41, 5.74) is 1.39. The Morgan fingerprint density at radius 1 is 1.19 bits per heavy atom. The average Bonchev–Trinajstić information content (AvgIpc) is 3.40. The molecule has 1 aliphatic heterocycles. The first kappa shape index (κ1) is 25.6. The van der Waals surface area contributed by atoms with Gasteiger partial charge < -0.3 is 15.0 Å². The predicted molar refractivity (Wildman–Crippen MR) is 139 cm³/mol. The molecule has 0 aromatic carbocycles. The normalized spacial score (nSPS) is 18.2. The number of aromatic amines is 1. The number of ether oxygens (including phenoxy) is 1. The molecule has 2 atom stereocenters. The number of rotatable bonds is 4. The fourth-order valence-electron chi connectivity index (χ4n) is 4.28. The van der Waals surface area contributed by atoms with Crippen LogP contribution in [0.25, 0.3) is 10.2 Å². The van der Waals surface area contributed by atoms with Crippen LogP contribution in [0.15, 0.2) is 24.5 Å². The Morgan fingerprint density at radius 3 is 2.67 bits per heavy atom. The molecule has 4 heterocycles. The first-order valence-electron chi connectivity index (χ1n) is 12.1. The summed E-state index contributed by atoms with van der Waals surface area (Å²) in [6.45, 7) is 9.84. The molecule has 0 saturated carbocycles. The van der Waals surface area contributed by atoms with Crippen LogP contribution in [0, 0.1) is 5.92 Å². The van der Waals surface area contributed by atoms with Crippen molar-refractivity contribution in [1.82, 2.24) is 20.1 Å². The number of aryl methyl sites for hydroxylation is 1. The predicted octanol–water partition coefficient (Wildman–Crippen LogP) is 4.87. The summed E-state index contributed by atoms with van der Waals surface area (Å²) in [4.78, 5) is 45.4. The third kappa shape index (κ3) is 5.84. The zero-order chi connectivity index (χ0) is 26.0. The van der Waals surface area contributed by atoms with Crippen LogP contribution in [0.4, 0.5) is 16.3 Å². The van der Waals surface area contributed by atoms with Gasteiger partial charge in [-0.25, -0.2) is 9.78 Å². The molecule has 11 heteroatoms. The molecule has 0 bridgehead atoms. The van der Waals surface area contributed by atoms with Crippen LogP contribution in [0.3, 0.4) is 0 Å². The summed E-state index contributed by atoms with van der Waals surface area (Å²) < 4.78 is 6.32. The van der Waals surface area contributed by atoms with E-state index in [1.54, 1.807) is 49.3 Å². The highest BCUT2D eigenvalue weighted by Crippen LogP contribution is 2.38. The van der Waals surface area contributed by atoms with Crippen molar-refractivity contribution in [3.05, 3.63) is 35.0 Å². The molecule has 0 unspecified atom stereocenters. The summed E-state index contributed by atoms with van der Waals surface area (Å²) in [6, 6.07) is 3.56. The van der Waals surface area contributed by atoms with Crippen molar-refractivity contribution in [2.45, 2.75) is 65.5 Å². The Labute approximate surface area is 213 Å². The first-order chi connectivity index (χ1) is 17.0. The fourth-order valence-corrected chi connectivity index (χ4v) is 5.41. The highest BCUT2D eigenvalue weighted by atomic mass is 32.1. The second-order valence-corrected chi connectivity index (χ2v) is 11.2. The van der Waals surface area contributed by atoms with Crippen LogP contribution >= 0.6 is 11.3 Å². The molecule has 0 aliphatic carbocycles. The number of hydrogen-bond donors (Lipinski definition) is 3. The number of fused-ring (bicyclic) bond motifs is 1. The minimum atomic E-state index is -0.713. The SMILES string of the molecule is CCc1cc(NC(=O)C(=O)N2C[C@@H](C)CC[C@@H]2c2cc3[nH]ncc3s2)cnc1NC(=O)OC(C)(C)C. The van der Waals surface area contributed by atoms with Crippen molar-refractivity contribution >= 4 is 51.0 Å². The standard InChI is InChI=1S/C25H32N6O4S/c1-6-15-9-16(11-26-21(15)29-24(34)35-25(3,4)5)28-22(32)23(33)31-13-14(2)7-8-18(31)19-10-17-20(36-19)12-27-30-17/h9-12,14,18H,6-8,13H2,1-5H3,(H,27,30)(H,28,32)(H,26,29,34)/t14-,18+/m0/s1. The molecule has 4 rings (SSSR count). The van der Waals surface area contributed by atoms with Gasteiger partial charge in [0.05, 0.1) is 34.3 Å². The molecule has 0 spiro atoms. The number of amides is 3. The number of thiophene rings is 1. The number of carbonyl (C=O) groups is 3. The van der Waals surface area contributed by atoms with E-state index < -0.39 is 23.5 Å². The molecule has 3 aromatic rings. The molecule has 1 saturated heterocycles. The number of aromatic nitrogens is 3. The Balaban J connectivity index is 1.47. The summed E-state index contributed by atoms with van der Waals surface area (Å²) >= 11 is 1.59. The Morgan fingerprint density at radius 2 is 1.97 bits per heavy atom. The molecule has 3 aromatic heterocycles. The zero-order valence-electron chi connectivity index (χ0n) is 21.2. The van der Waals surface area contributed by atoms with E-state index in [0.717, 1.165) is 27.9 Å². The number of likely N-dealkylation sites (tertiary alicyclic amines) is 1. The molecule has 0 radical (unpaired) electrons. The van der Waals surface area contributed by atoms with Crippen molar-refractivity contribution in [2.24, 2.45) is 5.92 Å². The van der Waals surface area contributed by atoms with Gasteiger partial charge in [-0.1, -0.05) is 13.8 Å². The van der Waals surface area contributed by atoms with E-state index in [1.807, 2.05) is 13.0 Å². The lowest BCUT2D eigenvalue weighted by Gasteiger charge is -2.37. The van der Waals surface area contributed by atoms with Crippen LogP contribution in [0.2, 0.25) is 0 Å². The summed E-state index contributed by atoms with van der Waals surface area (Å²) in [5.74, 6) is -0.634. The minimum absolute atomic E-state index is 0.157. The monoisotopic (exact) mass is 512 g/mol. The maximum atomic E-state index is 13.3. The largest absolute Gasteiger partial charge is 0.444 e. The number of nitrogens with zero attached hydrogens (tertiary/aromatic N) is 3. The van der Waals surface area contributed by atoms with Gasteiger partial charge in [0.1, 0.15) is 11.4 Å². The quantitative estimate of drug-likeness (QED) is 0.428. The van der Waals surface area contributed by atoms with E-state index in [0.29, 0.717) is 36.0 Å². The highest BCUT2D eigenvalue weighted by Gasteiger charge is 2.35. The van der Waals surface area contributed by atoms with E-state index >= 15 is 0 Å². The maximum Gasteiger partial charge on any atom is 0.413 e. The number of piperidine rings is 1. The number of H-pyrrole nitrogens is 1. The van der Waals surface area contributed by atoms with Crippen molar-refractivity contribution in [3.8, 4) is 0 Å². The molecule has 10 nitrogen and oxygen atoms in total. The van der Waals surface area contributed by atoms with Crippen LogP contribution in [-0.4, -0.2) is 50.1 Å². The van der Waals surface area contributed by atoms with Gasteiger partial charge in [0, 0.05) is 11.4 Å². The first-order valence-corrected chi connectivity index (χ1v) is 12.9. The Bertz CT molecular complexity index is 1250. The maximum absolute atomic E-state index is 13.3. The number of pyridine rings is 1. The smallest absolute Gasteiger partial charge is 0.413 e. The number of nitrogens with one attached hydrogen (secondary N) is 3. The van der Waals surface area contributed by atoms with Gasteiger partial charge in [0.2, 0.25) is 0 Å². The van der Waals surface area contributed by atoms with Gasteiger partial charge in [-0.05, 0) is 63.6 Å². The van der Waals surface area contributed by atoms with Crippen molar-refractivity contribution in [2.75, 3.05) is 17.2 Å². The van der Waals surface area contributed by atoms with Crippen LogP contribution in [-0.2, 0) is 20.7 Å². The Hall–Kier alpha value is -3.47. The van der Waals surface area contributed by atoms with Gasteiger partial charge in [-0.15, -0.1) is 11.3 Å². The lowest BCUT2D eigenvalue weighted by molar-refractivity contribution is -0.146. The van der Waals surface area contributed by atoms with Gasteiger partial charge in [-0.2, -0.15) is 5.10 Å². The topological polar surface area (TPSA) is 129 Å². The second-order valence-electron chi connectivity index (χ2n) is 10.1. The lowest BCUT2D eigenvalue weighted by atomic mass is 9.93. The van der Waals surface area contributed by atoms with Gasteiger partial charge >= 0.3 is 17.9 Å². The molecular formula is C25H32N6O4S. The summed E-state index contributed by atoms with van der Waals surface area (Å²) in [6.07, 6.45) is 4.92. The van der Waals surface area contributed by atoms with Crippen molar-refractivity contribution in [1.29, 1.82) is 0 Å². The molecule has 1 aliphatic rings. The zero-order valence-corrected chi connectivity index (χ0v) is 22.0. The molecule has 192 valence electrons. The van der Waals surface area contributed by atoms with Crippen LogP contribution in [0.5, 0.6) is 0 Å². The second kappa shape index (κ2) is 10.3. The van der Waals surface area contributed by atoms with E-state index in [1.165, 1.54) is 6.20 Å². The molecule has 3 N–H and O–H groups in total. The van der Waals surface area contributed by atoms with Gasteiger partial charge in [0.15, 0.2) is 0 Å². The van der Waals surface area contributed by atoms with E-state index in [2.05, 4.69) is 32.7 Å². The lowest BCUT2D eigenvalue weighted by Crippen LogP contribution is -2.46. The van der Waals surface area contributed by atoms with Crippen molar-refractivity contribution in [3.63, 3.8) is 0 Å². The summed E-state index contributed by atoms with van der Waals surface area (Å²) in [7, 11) is 0. The molecule has 3 amide bonds. The highest BCUT2D eigenvalue weighted by molar-refractivity contribution is 7.19. The minimum Gasteiger partial charge on any atom is -0.444 e. The summed E-state index contributed by atoms with van der Waals surface area (Å²) in [5, 5.41) is 12.3. The third-order valence-corrected chi connectivity index (χ3v) is 7.14. The van der Waals surface area contributed by atoms with E-state index in [4.69, 9.17) is 4.74 Å². The average molecular weight is 513 g/mol. The number of hydrogen-bond acceptors (Lipinski definition) is 7. The third-order valence-electron chi connectivity index (χ3n) is 5.97. The van der Waals surface area contributed by atoms with Crippen LogP contribution in [0.1, 0.15) is 63.9 Å². The molecular weight excluding hydrogens is 480 g/mol. The number of carbonyl (C=O) groups excluding carboxylic acids is 3. The van der Waals surface area contributed by atoms with Crippen LogP contribution < -0.4 is 10.6 Å². The van der Waals surface area contributed by atoms with Crippen molar-refractivity contribution < 1.29 is 19.1 Å². The van der Waals surface area contributed by atoms with E-state index in [9.17, 15) is 14.4 Å². The molecule has 36 heavy (non-hydrogen) atoms. The fraction of sp³-hybridized carbons (Fsp3) is 0.480. The Kier molecular flexibility index (Phi) is 7.30. The number of anilines is 2. The molecule has 1 fully saturated rings. The van der Waals surface area contributed by atoms with Gasteiger partial charge in [0.25, 0.3) is 0 Å². The van der Waals surface area contributed by atoms with E-state index in [-0.39, 0.29) is 6.04 Å².